The molecular formula is C39H37F3N6O3S. The fourth-order valence-corrected chi connectivity index (χ4v) is 8.16. The normalized spacial score (nSPS) is 19.5. The fraction of sp³-hybridized carbons (Fsp3) is 0.282. The Hall–Kier alpha value is -5.43. The Bertz CT molecular complexity index is 2350. The number of aromatic nitrogens is 2. The third-order valence-corrected chi connectivity index (χ3v) is 10.8. The van der Waals surface area contributed by atoms with Gasteiger partial charge in [-0.25, -0.2) is 18.2 Å². The minimum atomic E-state index is -1.00. The van der Waals surface area contributed by atoms with Gasteiger partial charge in [-0.1, -0.05) is 12.6 Å². The number of amides is 2. The number of thiophene rings is 1. The van der Waals surface area contributed by atoms with E-state index in [1.165, 1.54) is 11.5 Å². The second-order valence-corrected chi connectivity index (χ2v) is 14.3. The second-order valence-electron chi connectivity index (χ2n) is 13.4. The number of hydrogen-bond donors (Lipinski definition) is 1. The molecule has 52 heavy (non-hydrogen) atoms. The van der Waals surface area contributed by atoms with Crippen molar-refractivity contribution in [3.05, 3.63) is 89.9 Å². The molecular weight excluding hydrogens is 690 g/mol. The number of fused-ring (bicyclic) bond motifs is 2. The van der Waals surface area contributed by atoms with Crippen molar-refractivity contribution in [2.45, 2.75) is 32.4 Å². The molecule has 0 spiro atoms. The number of halogens is 3. The summed E-state index contributed by atoms with van der Waals surface area (Å²) in [5, 5.41) is 2.29. The maximum Gasteiger partial charge on any atom is 0.246 e. The highest BCUT2D eigenvalue weighted by Gasteiger charge is 2.33. The van der Waals surface area contributed by atoms with Crippen LogP contribution in [0.5, 0.6) is 5.75 Å². The quantitative estimate of drug-likeness (QED) is 0.175. The molecule has 13 heteroatoms. The summed E-state index contributed by atoms with van der Waals surface area (Å²) in [5.74, 6) is -3.28. The molecule has 9 nitrogen and oxygen atoms in total. The molecule has 0 saturated carbocycles. The molecule has 1 fully saturated rings. The molecule has 5 heterocycles. The predicted octanol–water partition coefficient (Wildman–Crippen LogP) is 6.94. The molecule has 2 N–H and O–H groups in total. The number of benzene rings is 2. The number of ether oxygens (including phenoxy) is 1. The highest BCUT2D eigenvalue weighted by molar-refractivity contribution is 7.17. The molecule has 0 bridgehead atoms. The summed E-state index contributed by atoms with van der Waals surface area (Å²) in [4.78, 5) is 38.0. The summed E-state index contributed by atoms with van der Waals surface area (Å²) in [5.41, 5.74) is 9.23. The van der Waals surface area contributed by atoms with Crippen molar-refractivity contribution in [3.8, 4) is 28.1 Å². The van der Waals surface area contributed by atoms with Gasteiger partial charge in [-0.3, -0.25) is 14.6 Å². The molecule has 268 valence electrons. The summed E-state index contributed by atoms with van der Waals surface area (Å²) >= 11 is 1.11. The van der Waals surface area contributed by atoms with Gasteiger partial charge >= 0.3 is 0 Å². The molecule has 5 aromatic rings. The van der Waals surface area contributed by atoms with Crippen molar-refractivity contribution in [2.24, 2.45) is 23.7 Å². The number of carbonyl (C=O) groups is 2. The van der Waals surface area contributed by atoms with E-state index in [4.69, 9.17) is 20.4 Å². The van der Waals surface area contributed by atoms with Gasteiger partial charge < -0.3 is 24.8 Å². The molecule has 2 amide bonds. The van der Waals surface area contributed by atoms with E-state index >= 15 is 8.78 Å². The molecule has 0 aliphatic carbocycles. The monoisotopic (exact) mass is 726 g/mol. The number of pyridine rings is 1. The average Bonchev–Trinajstić information content (AvgIpc) is 3.79. The molecule has 7 rings (SSSR count). The number of aryl methyl sites for hydroxylation is 1. The molecule has 2 aliphatic rings. The Morgan fingerprint density at radius 3 is 2.63 bits per heavy atom. The Morgan fingerprint density at radius 2 is 1.90 bits per heavy atom. The first kappa shape index (κ1) is 35.0. The molecule has 0 radical (unpaired) electrons. The smallest absolute Gasteiger partial charge is 0.246 e. The minimum absolute atomic E-state index is 0.00976. The van der Waals surface area contributed by atoms with Gasteiger partial charge in [0.05, 0.1) is 52.3 Å². The van der Waals surface area contributed by atoms with Crippen LogP contribution in [0.4, 0.5) is 13.2 Å². The van der Waals surface area contributed by atoms with Gasteiger partial charge in [-0.15, -0.1) is 11.3 Å². The Labute approximate surface area is 302 Å². The van der Waals surface area contributed by atoms with Crippen LogP contribution in [0.2, 0.25) is 0 Å². The summed E-state index contributed by atoms with van der Waals surface area (Å²) in [7, 11) is 3.62. The highest BCUT2D eigenvalue weighted by Crippen LogP contribution is 2.46. The third kappa shape index (κ3) is 6.12. The van der Waals surface area contributed by atoms with Crippen molar-refractivity contribution < 1.29 is 27.5 Å². The number of aliphatic imine (C=N–C) groups is 1. The van der Waals surface area contributed by atoms with Crippen LogP contribution in [0.3, 0.4) is 0 Å². The van der Waals surface area contributed by atoms with Gasteiger partial charge in [0.25, 0.3) is 0 Å². The standard InChI is InChI=1S/C39H37F3N6O3S/c1-6-32(49)48-20(2)16-44-29(21(48)3)15-28(43)38-36(34-26(41)13-25(40)14-31(34)51-18-22-11-33(50)47(5)17-22)35-27(42)19-52-39(35)37(45-38)24-7-8-30-23(12-24)9-10-46(30)4/h6-10,12-15,19-22H,1,11,16-18,43H2,2-5H3/b28-15-/t20-,21+,22-/m0/s1. The zero-order valence-electron chi connectivity index (χ0n) is 29.1. The van der Waals surface area contributed by atoms with E-state index in [0.717, 1.165) is 28.3 Å². The second kappa shape index (κ2) is 13.6. The molecule has 0 unspecified atom stereocenters. The van der Waals surface area contributed by atoms with Crippen molar-refractivity contribution in [1.82, 2.24) is 19.4 Å². The lowest BCUT2D eigenvalue weighted by Gasteiger charge is -2.37. The summed E-state index contributed by atoms with van der Waals surface area (Å²) in [6.45, 7) is 8.04. The molecule has 1 saturated heterocycles. The maximum atomic E-state index is 16.3. The van der Waals surface area contributed by atoms with Gasteiger partial charge in [0.1, 0.15) is 23.2 Å². The SMILES string of the molecule is C=CC(=O)N1[C@H](C)C(/C=C(\N)c2nc(-c3ccc4c(ccn4C)c3)c3scc(F)c3c2-c2c(F)cc(F)cc2OC[C@H]2CC(=O)N(C)C2)=NC[C@@H]1C. The van der Waals surface area contributed by atoms with Crippen LogP contribution in [0.1, 0.15) is 26.0 Å². The van der Waals surface area contributed by atoms with Crippen molar-refractivity contribution >= 4 is 55.5 Å². The average molecular weight is 727 g/mol. The van der Waals surface area contributed by atoms with Crippen LogP contribution in [0.15, 0.2) is 71.7 Å². The van der Waals surface area contributed by atoms with Crippen LogP contribution in [-0.2, 0) is 16.6 Å². The Morgan fingerprint density at radius 1 is 1.12 bits per heavy atom. The van der Waals surface area contributed by atoms with E-state index < -0.39 is 23.5 Å². The first-order chi connectivity index (χ1) is 24.9. The largest absolute Gasteiger partial charge is 0.492 e. The summed E-state index contributed by atoms with van der Waals surface area (Å²) in [6, 6.07) is 8.77. The van der Waals surface area contributed by atoms with Crippen molar-refractivity contribution in [2.75, 3.05) is 26.7 Å². The maximum absolute atomic E-state index is 16.3. The topological polar surface area (TPSA) is 106 Å². The number of nitrogens with zero attached hydrogens (tertiary/aromatic N) is 5. The van der Waals surface area contributed by atoms with Crippen LogP contribution in [0, 0.1) is 23.4 Å². The van der Waals surface area contributed by atoms with Crippen LogP contribution < -0.4 is 10.5 Å². The zero-order valence-corrected chi connectivity index (χ0v) is 29.9. The lowest BCUT2D eigenvalue weighted by molar-refractivity contribution is -0.129. The number of nitrogens with two attached hydrogens (primary N) is 1. The lowest BCUT2D eigenvalue weighted by Crippen LogP contribution is -2.51. The van der Waals surface area contributed by atoms with Crippen LogP contribution in [-0.4, -0.2) is 75.7 Å². The molecule has 3 atom stereocenters. The molecule has 3 aromatic heterocycles. The van der Waals surface area contributed by atoms with Gasteiger partial charge in [0.15, 0.2) is 0 Å². The summed E-state index contributed by atoms with van der Waals surface area (Å²) < 4.78 is 56.0. The number of hydrogen-bond acceptors (Lipinski definition) is 7. The van der Waals surface area contributed by atoms with E-state index in [1.807, 2.05) is 55.9 Å². The van der Waals surface area contributed by atoms with Crippen LogP contribution in [0.25, 0.3) is 49.1 Å². The van der Waals surface area contributed by atoms with Gasteiger partial charge in [-0.05, 0) is 44.2 Å². The zero-order chi connectivity index (χ0) is 37.0. The van der Waals surface area contributed by atoms with Crippen molar-refractivity contribution in [3.63, 3.8) is 0 Å². The predicted molar refractivity (Wildman–Crippen MR) is 199 cm³/mol. The third-order valence-electron chi connectivity index (χ3n) is 9.86. The first-order valence-electron chi connectivity index (χ1n) is 16.8. The van der Waals surface area contributed by atoms with E-state index in [-0.39, 0.29) is 70.5 Å². The number of rotatable bonds is 8. The Balaban J connectivity index is 1.46. The molecule has 2 aliphatic heterocycles. The highest BCUT2D eigenvalue weighted by atomic mass is 32.1. The van der Waals surface area contributed by atoms with Crippen molar-refractivity contribution in [1.29, 1.82) is 0 Å². The van der Waals surface area contributed by atoms with Crippen LogP contribution >= 0.6 is 11.3 Å². The van der Waals surface area contributed by atoms with E-state index in [9.17, 15) is 14.0 Å². The first-order valence-corrected chi connectivity index (χ1v) is 17.7. The van der Waals surface area contributed by atoms with E-state index in [0.29, 0.717) is 40.8 Å². The minimum Gasteiger partial charge on any atom is -0.492 e. The number of likely N-dealkylation sites (tertiary alicyclic amines) is 1. The fourth-order valence-electron chi connectivity index (χ4n) is 7.23. The van der Waals surface area contributed by atoms with Gasteiger partial charge in [0.2, 0.25) is 11.8 Å². The van der Waals surface area contributed by atoms with E-state index in [2.05, 4.69) is 6.58 Å². The van der Waals surface area contributed by atoms with Gasteiger partial charge in [-0.2, -0.15) is 0 Å². The Kier molecular flexibility index (Phi) is 9.16. The van der Waals surface area contributed by atoms with Gasteiger partial charge in [0, 0.05) is 90.1 Å². The molecule has 2 aromatic carbocycles. The number of carbonyl (C=O) groups excluding carboxylic acids is 2. The lowest BCUT2D eigenvalue weighted by atomic mass is 9.94. The van der Waals surface area contributed by atoms with E-state index in [1.54, 1.807) is 22.9 Å². The summed E-state index contributed by atoms with van der Waals surface area (Å²) in [6.07, 6.45) is 4.96.